The monoisotopic (exact) mass is 347 g/mol. The molecule has 0 atom stereocenters. The second kappa shape index (κ2) is 6.52. The molecule has 0 bridgehead atoms. The van der Waals surface area contributed by atoms with Crippen LogP contribution in [0.4, 0.5) is 0 Å². The van der Waals surface area contributed by atoms with Gasteiger partial charge in [0.2, 0.25) is 0 Å². The largest absolute Gasteiger partial charge is 0.491 e. The standard InChI is InChI=1S/C21H17NO4/c1-14-6-4-10-17-19(14)22(21(24)26-20(17)23)12-13-25-18-11-5-8-15-7-2-3-9-16(15)18/h2-11H,12-13H2,1H3. The molecule has 5 nitrogen and oxygen atoms in total. The van der Waals surface area contributed by atoms with Crippen molar-refractivity contribution in [1.29, 1.82) is 0 Å². The van der Waals surface area contributed by atoms with Crippen molar-refractivity contribution in [2.45, 2.75) is 13.5 Å². The minimum atomic E-state index is -0.668. The summed E-state index contributed by atoms with van der Waals surface area (Å²) in [5.74, 6) is 0.0906. The highest BCUT2D eigenvalue weighted by molar-refractivity contribution is 5.88. The Hall–Kier alpha value is -3.34. The highest BCUT2D eigenvalue weighted by Gasteiger charge is 2.11. The molecule has 0 fully saturated rings. The first-order valence-corrected chi connectivity index (χ1v) is 8.39. The molecule has 3 aromatic carbocycles. The van der Waals surface area contributed by atoms with Crippen LogP contribution in [0, 0.1) is 6.92 Å². The number of para-hydroxylation sites is 1. The summed E-state index contributed by atoms with van der Waals surface area (Å²) >= 11 is 0. The maximum absolute atomic E-state index is 12.2. The third-order valence-electron chi connectivity index (χ3n) is 4.45. The fraction of sp³-hybridized carbons (Fsp3) is 0.143. The van der Waals surface area contributed by atoms with Crippen LogP contribution in [0.5, 0.6) is 5.75 Å². The summed E-state index contributed by atoms with van der Waals surface area (Å²) in [6.45, 7) is 2.43. The zero-order valence-corrected chi connectivity index (χ0v) is 14.3. The first kappa shape index (κ1) is 16.1. The van der Waals surface area contributed by atoms with Crippen molar-refractivity contribution in [1.82, 2.24) is 4.57 Å². The third-order valence-corrected chi connectivity index (χ3v) is 4.45. The van der Waals surface area contributed by atoms with Crippen LogP contribution < -0.4 is 16.1 Å². The van der Waals surface area contributed by atoms with Gasteiger partial charge in [-0.1, -0.05) is 48.5 Å². The van der Waals surface area contributed by atoms with Crippen molar-refractivity contribution < 1.29 is 9.15 Å². The maximum Gasteiger partial charge on any atom is 0.422 e. The van der Waals surface area contributed by atoms with Gasteiger partial charge in [0.15, 0.2) is 0 Å². The highest BCUT2D eigenvalue weighted by atomic mass is 16.5. The second-order valence-electron chi connectivity index (χ2n) is 6.10. The minimum absolute atomic E-state index is 0.283. The van der Waals surface area contributed by atoms with E-state index < -0.39 is 11.4 Å². The molecule has 0 amide bonds. The molecule has 0 N–H and O–H groups in total. The number of ether oxygens (including phenoxy) is 1. The third kappa shape index (κ3) is 2.77. The Kier molecular flexibility index (Phi) is 4.05. The SMILES string of the molecule is Cc1cccc2c(=O)oc(=O)n(CCOc3cccc4ccccc34)c12. The zero-order chi connectivity index (χ0) is 18.1. The van der Waals surface area contributed by atoms with Gasteiger partial charge < -0.3 is 9.15 Å². The Morgan fingerprint density at radius 1 is 0.923 bits per heavy atom. The summed E-state index contributed by atoms with van der Waals surface area (Å²) in [6.07, 6.45) is 0. The number of aryl methyl sites for hydroxylation is 1. The van der Waals surface area contributed by atoms with E-state index in [-0.39, 0.29) is 13.2 Å². The van der Waals surface area contributed by atoms with Crippen molar-refractivity contribution in [2.24, 2.45) is 0 Å². The van der Waals surface area contributed by atoms with Crippen molar-refractivity contribution in [3.63, 3.8) is 0 Å². The van der Waals surface area contributed by atoms with Crippen LogP contribution in [0.15, 0.2) is 74.7 Å². The van der Waals surface area contributed by atoms with Crippen LogP contribution in [0.1, 0.15) is 5.56 Å². The van der Waals surface area contributed by atoms with E-state index in [4.69, 9.17) is 9.15 Å². The fourth-order valence-electron chi connectivity index (χ4n) is 3.23. The number of aromatic nitrogens is 1. The Labute approximate surface area is 149 Å². The summed E-state index contributed by atoms with van der Waals surface area (Å²) in [5.41, 5.74) is 0.827. The van der Waals surface area contributed by atoms with Gasteiger partial charge in [0.25, 0.3) is 0 Å². The van der Waals surface area contributed by atoms with E-state index in [1.165, 1.54) is 4.57 Å². The number of fused-ring (bicyclic) bond motifs is 2. The summed E-state index contributed by atoms with van der Waals surface area (Å²) in [7, 11) is 0. The predicted molar refractivity (Wildman–Crippen MR) is 101 cm³/mol. The average Bonchev–Trinajstić information content (AvgIpc) is 2.65. The van der Waals surface area contributed by atoms with Gasteiger partial charge in [-0.05, 0) is 30.0 Å². The van der Waals surface area contributed by atoms with E-state index >= 15 is 0 Å². The van der Waals surface area contributed by atoms with Gasteiger partial charge >= 0.3 is 11.4 Å². The van der Waals surface area contributed by atoms with Crippen LogP contribution in [0.3, 0.4) is 0 Å². The summed E-state index contributed by atoms with van der Waals surface area (Å²) in [6, 6.07) is 19.1. The van der Waals surface area contributed by atoms with E-state index in [1.807, 2.05) is 55.5 Å². The molecule has 0 spiro atoms. The maximum atomic E-state index is 12.2. The number of rotatable bonds is 4. The normalized spacial score (nSPS) is 11.1. The Balaban J connectivity index is 1.67. The van der Waals surface area contributed by atoms with E-state index in [9.17, 15) is 9.59 Å². The zero-order valence-electron chi connectivity index (χ0n) is 14.3. The quantitative estimate of drug-likeness (QED) is 0.567. The fourth-order valence-corrected chi connectivity index (χ4v) is 3.23. The molecule has 0 unspecified atom stereocenters. The van der Waals surface area contributed by atoms with Gasteiger partial charge in [-0.3, -0.25) is 4.57 Å². The molecule has 0 radical (unpaired) electrons. The minimum Gasteiger partial charge on any atom is -0.491 e. The van der Waals surface area contributed by atoms with Gasteiger partial charge in [0.1, 0.15) is 12.4 Å². The lowest BCUT2D eigenvalue weighted by atomic mass is 10.1. The molecule has 0 aliphatic carbocycles. The molecule has 0 saturated carbocycles. The molecular formula is C21H17NO4. The topological polar surface area (TPSA) is 61.4 Å². The lowest BCUT2D eigenvalue weighted by Gasteiger charge is -2.12. The average molecular weight is 347 g/mol. The first-order valence-electron chi connectivity index (χ1n) is 8.39. The Morgan fingerprint density at radius 2 is 1.65 bits per heavy atom. The number of nitrogens with zero attached hydrogens (tertiary/aromatic N) is 1. The molecule has 1 heterocycles. The van der Waals surface area contributed by atoms with Crippen molar-refractivity contribution in [3.05, 3.63) is 87.2 Å². The molecule has 0 aliphatic heterocycles. The second-order valence-corrected chi connectivity index (χ2v) is 6.10. The number of hydrogen-bond acceptors (Lipinski definition) is 4. The van der Waals surface area contributed by atoms with Gasteiger partial charge in [-0.2, -0.15) is 0 Å². The van der Waals surface area contributed by atoms with E-state index in [0.29, 0.717) is 10.9 Å². The lowest BCUT2D eigenvalue weighted by Crippen LogP contribution is -2.27. The van der Waals surface area contributed by atoms with Crippen molar-refractivity contribution in [3.8, 4) is 5.75 Å². The van der Waals surface area contributed by atoms with Crippen LogP contribution in [0.2, 0.25) is 0 Å². The molecule has 0 aliphatic rings. The van der Waals surface area contributed by atoms with Gasteiger partial charge in [0.05, 0.1) is 17.4 Å². The molecule has 1 aromatic heterocycles. The Morgan fingerprint density at radius 3 is 2.54 bits per heavy atom. The number of benzene rings is 3. The summed E-state index contributed by atoms with van der Waals surface area (Å²) < 4.78 is 12.2. The molecule has 4 aromatic rings. The van der Waals surface area contributed by atoms with Gasteiger partial charge in [-0.25, -0.2) is 9.59 Å². The van der Waals surface area contributed by atoms with Crippen LogP contribution >= 0.6 is 0 Å². The predicted octanol–water partition coefficient (Wildman–Crippen LogP) is 3.50. The lowest BCUT2D eigenvalue weighted by molar-refractivity contribution is 0.290. The van der Waals surface area contributed by atoms with Crippen molar-refractivity contribution >= 4 is 21.7 Å². The van der Waals surface area contributed by atoms with Gasteiger partial charge in [-0.15, -0.1) is 0 Å². The van der Waals surface area contributed by atoms with Crippen LogP contribution in [-0.4, -0.2) is 11.2 Å². The van der Waals surface area contributed by atoms with Crippen LogP contribution in [0.25, 0.3) is 21.7 Å². The Bertz CT molecular complexity index is 1210. The van der Waals surface area contributed by atoms with Crippen LogP contribution in [-0.2, 0) is 6.54 Å². The molecular weight excluding hydrogens is 330 g/mol. The molecule has 4 rings (SSSR count). The molecule has 5 heteroatoms. The van der Waals surface area contributed by atoms with Gasteiger partial charge in [0, 0.05) is 5.39 Å². The molecule has 26 heavy (non-hydrogen) atoms. The van der Waals surface area contributed by atoms with E-state index in [0.717, 1.165) is 22.1 Å². The van der Waals surface area contributed by atoms with E-state index in [2.05, 4.69) is 0 Å². The highest BCUT2D eigenvalue weighted by Crippen LogP contribution is 2.25. The van der Waals surface area contributed by atoms with Crippen molar-refractivity contribution in [2.75, 3.05) is 6.61 Å². The molecule has 130 valence electrons. The molecule has 0 saturated heterocycles. The summed E-state index contributed by atoms with van der Waals surface area (Å²) in [5, 5.41) is 2.51. The first-order chi connectivity index (χ1) is 12.6. The van der Waals surface area contributed by atoms with E-state index in [1.54, 1.807) is 12.1 Å². The summed E-state index contributed by atoms with van der Waals surface area (Å²) in [4.78, 5) is 24.1. The smallest absolute Gasteiger partial charge is 0.422 e. The number of hydrogen-bond donors (Lipinski definition) is 0.